The molecule has 0 aromatic rings. The molecule has 0 radical (unpaired) electrons. The lowest BCUT2D eigenvalue weighted by atomic mass is 9.97. The monoisotopic (exact) mass is 350 g/mol. The van der Waals surface area contributed by atoms with E-state index in [1.807, 2.05) is 0 Å². The van der Waals surface area contributed by atoms with Gasteiger partial charge in [-0.25, -0.2) is 9.59 Å². The molecule has 2 bridgehead atoms. The van der Waals surface area contributed by atoms with E-state index in [9.17, 15) is 9.59 Å². The third-order valence-electron chi connectivity index (χ3n) is 3.54. The number of alkyl halides is 1. The maximum absolute atomic E-state index is 11.6. The molecule has 0 aromatic heterocycles. The highest BCUT2D eigenvalue weighted by Crippen LogP contribution is 2.55. The quantitative estimate of drug-likeness (QED) is 0.339. The fraction of sp³-hybridized carbons (Fsp3) is 0.667. The zero-order valence-electron chi connectivity index (χ0n) is 9.65. The van der Waals surface area contributed by atoms with Gasteiger partial charge in [0, 0.05) is 18.1 Å². The molecular formula is C12H15IO4. The van der Waals surface area contributed by atoms with Crippen molar-refractivity contribution in [1.82, 2.24) is 0 Å². The van der Waals surface area contributed by atoms with Crippen molar-refractivity contribution in [2.75, 3.05) is 7.11 Å². The Morgan fingerprint density at radius 1 is 1.29 bits per heavy atom. The summed E-state index contributed by atoms with van der Waals surface area (Å²) in [6, 6.07) is 0. The van der Waals surface area contributed by atoms with Crippen LogP contribution in [0.15, 0.2) is 12.2 Å². The molecule has 0 amide bonds. The van der Waals surface area contributed by atoms with E-state index in [2.05, 4.69) is 27.3 Å². The number of halogens is 1. The summed E-state index contributed by atoms with van der Waals surface area (Å²) in [5, 5.41) is 0. The molecule has 2 aliphatic carbocycles. The Hall–Kier alpha value is -0.590. The minimum Gasteiger partial charge on any atom is -0.466 e. The lowest BCUT2D eigenvalue weighted by molar-refractivity contribution is -0.147. The van der Waals surface area contributed by atoms with Gasteiger partial charge in [-0.15, -0.1) is 0 Å². The predicted octanol–water partition coefficient (Wildman–Crippen LogP) is 2.21. The Bertz CT molecular complexity index is 366. The second kappa shape index (κ2) is 4.96. The number of carbonyl (C=O) groups excluding carboxylic acids is 2. The SMILES string of the molecule is COC(=O)/C=C\C(=O)OC1(I)CC2CCC1C2. The largest absolute Gasteiger partial charge is 0.466 e. The van der Waals surface area contributed by atoms with Crippen LogP contribution in [0.4, 0.5) is 0 Å². The molecular weight excluding hydrogens is 335 g/mol. The van der Waals surface area contributed by atoms with Crippen molar-refractivity contribution in [1.29, 1.82) is 0 Å². The molecule has 0 spiro atoms. The van der Waals surface area contributed by atoms with Crippen LogP contribution in [-0.4, -0.2) is 22.7 Å². The number of methoxy groups -OCH3 is 1. The van der Waals surface area contributed by atoms with Gasteiger partial charge in [-0.1, -0.05) is 0 Å². The van der Waals surface area contributed by atoms with Crippen LogP contribution < -0.4 is 0 Å². The summed E-state index contributed by atoms with van der Waals surface area (Å²) in [6.45, 7) is 0. The number of rotatable bonds is 3. The summed E-state index contributed by atoms with van der Waals surface area (Å²) in [5.41, 5.74) is 0. The van der Waals surface area contributed by atoms with E-state index >= 15 is 0 Å². The zero-order valence-corrected chi connectivity index (χ0v) is 11.8. The third kappa shape index (κ3) is 2.81. The van der Waals surface area contributed by atoms with E-state index in [-0.39, 0.29) is 3.61 Å². The lowest BCUT2D eigenvalue weighted by Crippen LogP contribution is -2.33. The summed E-state index contributed by atoms with van der Waals surface area (Å²) < 4.78 is 9.53. The number of hydrogen-bond donors (Lipinski definition) is 0. The number of ether oxygens (including phenoxy) is 2. The number of fused-ring (bicyclic) bond motifs is 2. The fourth-order valence-electron chi connectivity index (χ4n) is 2.74. The highest BCUT2D eigenvalue weighted by atomic mass is 127. The van der Waals surface area contributed by atoms with Gasteiger partial charge in [0.05, 0.1) is 7.11 Å². The number of hydrogen-bond acceptors (Lipinski definition) is 4. The Morgan fingerprint density at radius 2 is 2.00 bits per heavy atom. The maximum Gasteiger partial charge on any atom is 0.332 e. The van der Waals surface area contributed by atoms with Crippen LogP contribution in [-0.2, 0) is 19.1 Å². The average molecular weight is 350 g/mol. The first-order valence-corrected chi connectivity index (χ1v) is 6.79. The first-order chi connectivity index (χ1) is 8.03. The second-order valence-electron chi connectivity index (χ2n) is 4.64. The van der Waals surface area contributed by atoms with E-state index in [1.54, 1.807) is 0 Å². The summed E-state index contributed by atoms with van der Waals surface area (Å²) in [7, 11) is 1.27. The summed E-state index contributed by atoms with van der Waals surface area (Å²) >= 11 is 2.25. The Labute approximate surface area is 114 Å². The Kier molecular flexibility index (Phi) is 3.75. The summed E-state index contributed by atoms with van der Waals surface area (Å²) in [5.74, 6) is 0.174. The van der Waals surface area contributed by atoms with E-state index in [0.717, 1.165) is 31.4 Å². The van der Waals surface area contributed by atoms with Gasteiger partial charge in [0.15, 0.2) is 3.61 Å². The molecule has 2 saturated carbocycles. The molecule has 3 atom stereocenters. The molecule has 4 nitrogen and oxygen atoms in total. The van der Waals surface area contributed by atoms with Crippen molar-refractivity contribution >= 4 is 34.5 Å². The first kappa shape index (κ1) is 12.9. The molecule has 0 heterocycles. The Balaban J connectivity index is 1.91. The van der Waals surface area contributed by atoms with Gasteiger partial charge in [0.25, 0.3) is 0 Å². The van der Waals surface area contributed by atoms with Crippen molar-refractivity contribution in [3.05, 3.63) is 12.2 Å². The van der Waals surface area contributed by atoms with Crippen molar-refractivity contribution in [2.45, 2.75) is 29.3 Å². The van der Waals surface area contributed by atoms with Crippen LogP contribution in [0.5, 0.6) is 0 Å². The van der Waals surface area contributed by atoms with Gasteiger partial charge < -0.3 is 9.47 Å². The highest BCUT2D eigenvalue weighted by Gasteiger charge is 2.51. The minimum atomic E-state index is -0.544. The zero-order chi connectivity index (χ0) is 12.5. The first-order valence-electron chi connectivity index (χ1n) is 5.71. The minimum absolute atomic E-state index is 0.363. The van der Waals surface area contributed by atoms with Gasteiger partial charge in [-0.05, 0) is 54.2 Å². The molecule has 0 aliphatic heterocycles. The third-order valence-corrected chi connectivity index (χ3v) is 5.09. The molecule has 0 saturated heterocycles. The molecule has 3 unspecified atom stereocenters. The smallest absolute Gasteiger partial charge is 0.332 e. The number of carbonyl (C=O) groups is 2. The van der Waals surface area contributed by atoms with E-state index in [1.165, 1.54) is 13.5 Å². The van der Waals surface area contributed by atoms with Crippen molar-refractivity contribution < 1.29 is 19.1 Å². The molecule has 2 aliphatic rings. The van der Waals surface area contributed by atoms with Crippen molar-refractivity contribution in [2.24, 2.45) is 11.8 Å². The molecule has 17 heavy (non-hydrogen) atoms. The van der Waals surface area contributed by atoms with Crippen molar-refractivity contribution in [3.8, 4) is 0 Å². The molecule has 2 fully saturated rings. The summed E-state index contributed by atoms with van der Waals surface area (Å²) in [4.78, 5) is 22.4. The maximum atomic E-state index is 11.6. The van der Waals surface area contributed by atoms with Crippen LogP contribution in [0.25, 0.3) is 0 Å². The molecule has 0 N–H and O–H groups in total. The van der Waals surface area contributed by atoms with Crippen molar-refractivity contribution in [3.63, 3.8) is 0 Å². The van der Waals surface area contributed by atoms with E-state index in [0.29, 0.717) is 11.8 Å². The highest BCUT2D eigenvalue weighted by molar-refractivity contribution is 14.1. The predicted molar refractivity (Wildman–Crippen MR) is 69.4 cm³/mol. The standard InChI is InChI=1S/C12H15IO4/c1-16-10(14)4-5-11(15)17-12(13)7-8-2-3-9(12)6-8/h4-5,8-9H,2-3,6-7H2,1H3/b5-4-. The molecule has 0 aromatic carbocycles. The van der Waals surface area contributed by atoms with Gasteiger partial charge in [-0.2, -0.15) is 0 Å². The van der Waals surface area contributed by atoms with Gasteiger partial charge >= 0.3 is 11.9 Å². The van der Waals surface area contributed by atoms with Crippen LogP contribution in [0.3, 0.4) is 0 Å². The lowest BCUT2D eigenvalue weighted by Gasteiger charge is -2.31. The molecule has 94 valence electrons. The fourth-order valence-corrected chi connectivity index (χ4v) is 4.15. The second-order valence-corrected chi connectivity index (χ2v) is 6.47. The van der Waals surface area contributed by atoms with E-state index in [4.69, 9.17) is 4.74 Å². The van der Waals surface area contributed by atoms with Crippen LogP contribution in [0.2, 0.25) is 0 Å². The normalized spacial score (nSPS) is 35.2. The van der Waals surface area contributed by atoms with Crippen LogP contribution in [0, 0.1) is 11.8 Å². The molecule has 5 heteroatoms. The number of esters is 2. The van der Waals surface area contributed by atoms with Gasteiger partial charge in [-0.3, -0.25) is 0 Å². The van der Waals surface area contributed by atoms with Crippen LogP contribution >= 0.6 is 22.6 Å². The topological polar surface area (TPSA) is 52.6 Å². The Morgan fingerprint density at radius 3 is 2.53 bits per heavy atom. The van der Waals surface area contributed by atoms with Crippen LogP contribution in [0.1, 0.15) is 25.7 Å². The summed E-state index contributed by atoms with van der Waals surface area (Å²) in [6.07, 6.45) is 6.73. The van der Waals surface area contributed by atoms with E-state index < -0.39 is 11.9 Å². The molecule has 2 rings (SSSR count). The van der Waals surface area contributed by atoms with Gasteiger partial charge in [0.2, 0.25) is 0 Å². The average Bonchev–Trinajstić information content (AvgIpc) is 2.85. The van der Waals surface area contributed by atoms with Gasteiger partial charge in [0.1, 0.15) is 0 Å².